The molecule has 0 radical (unpaired) electrons. The zero-order valence-electron chi connectivity index (χ0n) is 20.4. The van der Waals surface area contributed by atoms with Crippen LogP contribution in [0.3, 0.4) is 0 Å². The maximum atomic E-state index is 14.3. The van der Waals surface area contributed by atoms with Gasteiger partial charge in [-0.3, -0.25) is 19.5 Å². The Morgan fingerprint density at radius 2 is 2.03 bits per heavy atom. The van der Waals surface area contributed by atoms with E-state index in [0.717, 1.165) is 5.70 Å². The fourth-order valence-electron chi connectivity index (χ4n) is 5.02. The highest BCUT2D eigenvalue weighted by atomic mass is 79.9. The van der Waals surface area contributed by atoms with Crippen molar-refractivity contribution in [2.75, 3.05) is 10.2 Å². The highest BCUT2D eigenvalue weighted by Crippen LogP contribution is 2.49. The summed E-state index contributed by atoms with van der Waals surface area (Å²) < 4.78 is 20.6. The number of hydrogen-bond acceptors (Lipinski definition) is 5. The number of carbonyl (C=O) groups excluding carboxylic acids is 2. The first kappa shape index (κ1) is 25.4. The van der Waals surface area contributed by atoms with Crippen molar-refractivity contribution in [1.29, 1.82) is 0 Å². The predicted octanol–water partition coefficient (Wildman–Crippen LogP) is 7.59. The number of ketones is 1. The standard InChI is InChI=1S/C28H24BrClFN3O3/c1-15(35)34-23-9-10-32-14-22(23)33-21-12-28(2,3)13-24(36)25(21)26(34)17-8-7-16(11-19(17)30)37-27-18(29)5-4-6-20(27)31/h4-11,14,26,33H,12-13H2,1-3H3. The Labute approximate surface area is 227 Å². The van der Waals surface area contributed by atoms with Gasteiger partial charge < -0.3 is 10.1 Å². The van der Waals surface area contributed by atoms with E-state index in [1.165, 1.54) is 13.0 Å². The summed E-state index contributed by atoms with van der Waals surface area (Å²) in [5, 5.41) is 3.68. The van der Waals surface area contributed by atoms with Crippen molar-refractivity contribution < 1.29 is 18.7 Å². The smallest absolute Gasteiger partial charge is 0.224 e. The van der Waals surface area contributed by atoms with Gasteiger partial charge in [0.15, 0.2) is 17.3 Å². The molecule has 1 atom stereocenters. The number of amides is 1. The molecule has 1 N–H and O–H groups in total. The van der Waals surface area contributed by atoms with Crippen LogP contribution in [0.1, 0.15) is 45.2 Å². The minimum absolute atomic E-state index is 0.0338. The molecule has 1 aliphatic heterocycles. The number of rotatable bonds is 3. The normalized spacial score (nSPS) is 18.5. The van der Waals surface area contributed by atoms with Crippen LogP contribution in [0, 0.1) is 11.2 Å². The van der Waals surface area contributed by atoms with Gasteiger partial charge in [-0.2, -0.15) is 0 Å². The zero-order chi connectivity index (χ0) is 26.5. The highest BCUT2D eigenvalue weighted by molar-refractivity contribution is 9.10. The van der Waals surface area contributed by atoms with Crippen molar-refractivity contribution in [2.45, 2.75) is 39.7 Å². The summed E-state index contributed by atoms with van der Waals surface area (Å²) >= 11 is 10.1. The number of halogens is 3. The van der Waals surface area contributed by atoms with Gasteiger partial charge in [0, 0.05) is 35.8 Å². The number of fused-ring (bicyclic) bond motifs is 1. The van der Waals surface area contributed by atoms with Crippen molar-refractivity contribution in [2.24, 2.45) is 5.41 Å². The van der Waals surface area contributed by atoms with Gasteiger partial charge in [0.05, 0.1) is 28.1 Å². The van der Waals surface area contributed by atoms with Crippen LogP contribution >= 0.6 is 27.5 Å². The Bertz CT molecular complexity index is 1450. The van der Waals surface area contributed by atoms with Gasteiger partial charge in [-0.15, -0.1) is 0 Å². The zero-order valence-corrected chi connectivity index (χ0v) is 22.8. The molecule has 3 aromatic rings. The van der Waals surface area contributed by atoms with Crippen LogP contribution < -0.4 is 15.0 Å². The first-order valence-corrected chi connectivity index (χ1v) is 12.9. The maximum Gasteiger partial charge on any atom is 0.224 e. The number of nitrogens with zero attached hydrogens (tertiary/aromatic N) is 2. The van der Waals surface area contributed by atoms with Crippen molar-refractivity contribution in [3.8, 4) is 11.5 Å². The Balaban J connectivity index is 1.66. The summed E-state index contributed by atoms with van der Waals surface area (Å²) in [6.45, 7) is 5.55. The molecule has 0 fully saturated rings. The van der Waals surface area contributed by atoms with Gasteiger partial charge in [-0.05, 0) is 63.7 Å². The van der Waals surface area contributed by atoms with Gasteiger partial charge in [0.25, 0.3) is 0 Å². The number of nitrogens with one attached hydrogen (secondary N) is 1. The lowest BCUT2D eigenvalue weighted by Crippen LogP contribution is -2.38. The van der Waals surface area contributed by atoms with E-state index in [1.807, 2.05) is 13.8 Å². The van der Waals surface area contributed by atoms with Gasteiger partial charge >= 0.3 is 0 Å². The second-order valence-electron chi connectivity index (χ2n) is 9.98. The third kappa shape index (κ3) is 4.76. The molecule has 1 aliphatic carbocycles. The van der Waals surface area contributed by atoms with E-state index < -0.39 is 11.9 Å². The summed E-state index contributed by atoms with van der Waals surface area (Å²) in [5.74, 6) is -0.482. The van der Waals surface area contributed by atoms with E-state index in [2.05, 4.69) is 26.2 Å². The number of hydrogen-bond donors (Lipinski definition) is 1. The second kappa shape index (κ2) is 9.58. The lowest BCUT2D eigenvalue weighted by molar-refractivity contribution is -0.118. The molecule has 2 aliphatic rings. The van der Waals surface area contributed by atoms with Crippen LogP contribution in [0.5, 0.6) is 11.5 Å². The first-order chi connectivity index (χ1) is 17.6. The molecule has 0 saturated carbocycles. The van der Waals surface area contributed by atoms with Crippen LogP contribution in [-0.4, -0.2) is 16.7 Å². The number of aromatic nitrogens is 1. The lowest BCUT2D eigenvalue weighted by Gasteiger charge is -2.37. The largest absolute Gasteiger partial charge is 0.453 e. The number of allylic oxidation sites excluding steroid dienone is 1. The number of ether oxygens (including phenoxy) is 1. The summed E-state index contributed by atoms with van der Waals surface area (Å²) in [6.07, 6.45) is 4.21. The van der Waals surface area contributed by atoms with Crippen molar-refractivity contribution >= 4 is 50.6 Å². The summed E-state index contributed by atoms with van der Waals surface area (Å²) in [6, 6.07) is 10.5. The highest BCUT2D eigenvalue weighted by Gasteiger charge is 2.43. The van der Waals surface area contributed by atoms with E-state index >= 15 is 0 Å². The van der Waals surface area contributed by atoms with E-state index in [0.29, 0.717) is 45.6 Å². The fourth-order valence-corrected chi connectivity index (χ4v) is 5.72. The molecule has 5 rings (SSSR count). The van der Waals surface area contributed by atoms with Crippen LogP contribution in [0.2, 0.25) is 5.02 Å². The second-order valence-corrected chi connectivity index (χ2v) is 11.2. The van der Waals surface area contributed by atoms with Gasteiger partial charge in [0.1, 0.15) is 5.75 Å². The van der Waals surface area contributed by atoms with E-state index in [-0.39, 0.29) is 27.9 Å². The summed E-state index contributed by atoms with van der Waals surface area (Å²) in [5.41, 5.74) is 2.78. The molecule has 2 aromatic carbocycles. The molecule has 0 spiro atoms. The van der Waals surface area contributed by atoms with Crippen LogP contribution in [0.15, 0.2) is 70.6 Å². The Kier molecular flexibility index (Phi) is 6.58. The molecule has 9 heteroatoms. The van der Waals surface area contributed by atoms with Crippen molar-refractivity contribution in [1.82, 2.24) is 4.98 Å². The van der Waals surface area contributed by atoms with Gasteiger partial charge in [0.2, 0.25) is 5.91 Å². The molecular weight excluding hydrogens is 561 g/mol. The lowest BCUT2D eigenvalue weighted by atomic mass is 9.73. The van der Waals surface area contributed by atoms with E-state index in [4.69, 9.17) is 16.3 Å². The Morgan fingerprint density at radius 3 is 2.73 bits per heavy atom. The van der Waals surface area contributed by atoms with Crippen molar-refractivity contribution in [3.05, 3.63) is 87.0 Å². The molecule has 0 saturated heterocycles. The van der Waals surface area contributed by atoms with Crippen LogP contribution in [0.25, 0.3) is 0 Å². The average molecular weight is 585 g/mol. The molecule has 6 nitrogen and oxygen atoms in total. The number of Topliss-reactive ketones (excluding diaryl/α,β-unsaturated/α-hetero) is 1. The third-order valence-corrected chi connectivity index (χ3v) is 7.49. The minimum Gasteiger partial charge on any atom is -0.453 e. The van der Waals surface area contributed by atoms with E-state index in [1.54, 1.807) is 53.7 Å². The molecule has 2 heterocycles. The third-order valence-electron chi connectivity index (χ3n) is 6.54. The maximum absolute atomic E-state index is 14.3. The monoisotopic (exact) mass is 583 g/mol. The topological polar surface area (TPSA) is 71.5 Å². The SMILES string of the molecule is CC(=O)N1c2ccncc2NC2=C(C(=O)CC(C)(C)C2)C1c1ccc(Oc2c(F)cccc2Br)cc1Cl. The summed E-state index contributed by atoms with van der Waals surface area (Å²) in [7, 11) is 0. The molecule has 190 valence electrons. The molecule has 0 bridgehead atoms. The number of para-hydroxylation sites is 1. The molecule has 1 aromatic heterocycles. The summed E-state index contributed by atoms with van der Waals surface area (Å²) in [4.78, 5) is 32.6. The number of pyridine rings is 1. The van der Waals surface area contributed by atoms with Gasteiger partial charge in [-0.25, -0.2) is 4.39 Å². The minimum atomic E-state index is -0.769. The predicted molar refractivity (Wildman–Crippen MR) is 144 cm³/mol. The number of carbonyl (C=O) groups is 2. The van der Waals surface area contributed by atoms with Gasteiger partial charge in [-0.1, -0.05) is 37.6 Å². The van der Waals surface area contributed by atoms with Crippen LogP contribution in [0.4, 0.5) is 15.8 Å². The molecular formula is C28H24BrClFN3O3. The quantitative estimate of drug-likeness (QED) is 0.343. The number of anilines is 2. The van der Waals surface area contributed by atoms with Crippen molar-refractivity contribution in [3.63, 3.8) is 0 Å². The first-order valence-electron chi connectivity index (χ1n) is 11.7. The van der Waals surface area contributed by atoms with E-state index in [9.17, 15) is 14.0 Å². The molecule has 37 heavy (non-hydrogen) atoms. The Morgan fingerprint density at radius 1 is 1.24 bits per heavy atom. The molecule has 1 amide bonds. The average Bonchev–Trinajstić information content (AvgIpc) is 2.95. The fraction of sp³-hybridized carbons (Fsp3) is 0.250. The Hall–Kier alpha value is -3.23. The molecule has 1 unspecified atom stereocenters. The van der Waals surface area contributed by atoms with Crippen LogP contribution in [-0.2, 0) is 9.59 Å². The number of benzene rings is 2.